The lowest BCUT2D eigenvalue weighted by molar-refractivity contribution is -0.963. The van der Waals surface area contributed by atoms with E-state index in [2.05, 4.69) is 17.1 Å². The third kappa shape index (κ3) is 3.80. The molecule has 0 spiro atoms. The molecule has 1 aromatic heterocycles. The molecular formula is C17H30N3+3. The largest absolute Gasteiger partial charge is 0.332 e. The maximum absolute atomic E-state index is 3.11. The van der Waals surface area contributed by atoms with E-state index in [1.807, 2.05) is 17.3 Å². The van der Waals surface area contributed by atoms with Gasteiger partial charge in [0.1, 0.15) is 6.54 Å². The number of hydrogen-bond donors (Lipinski definition) is 2. The summed E-state index contributed by atoms with van der Waals surface area (Å²) in [5, 5.41) is 0. The highest BCUT2D eigenvalue weighted by atomic mass is 15.2. The van der Waals surface area contributed by atoms with Crippen molar-refractivity contribution < 1.29 is 14.8 Å². The Kier molecular flexibility index (Phi) is 5.04. The molecule has 3 rings (SSSR count). The third-order valence-electron chi connectivity index (χ3n) is 5.26. The minimum atomic E-state index is 0.959. The first kappa shape index (κ1) is 14.0. The fourth-order valence-electron chi connectivity index (χ4n) is 4.03. The molecule has 1 aromatic rings. The van der Waals surface area contributed by atoms with Gasteiger partial charge in [-0.3, -0.25) is 0 Å². The van der Waals surface area contributed by atoms with Gasteiger partial charge in [-0.1, -0.05) is 0 Å². The second-order valence-electron chi connectivity index (χ2n) is 6.68. The second kappa shape index (κ2) is 7.19. The van der Waals surface area contributed by atoms with Gasteiger partial charge in [-0.05, 0) is 25.7 Å². The predicted octanol–water partition coefficient (Wildman–Crippen LogP) is -0.493. The molecule has 3 N–H and O–H groups in total. The first-order chi connectivity index (χ1) is 9.92. The number of aromatic nitrogens is 1. The summed E-state index contributed by atoms with van der Waals surface area (Å²) in [5.74, 6) is 0. The van der Waals surface area contributed by atoms with E-state index in [1.165, 1.54) is 76.8 Å². The van der Waals surface area contributed by atoms with Gasteiger partial charge in [0.15, 0.2) is 12.4 Å². The van der Waals surface area contributed by atoms with E-state index in [0.29, 0.717) is 0 Å². The van der Waals surface area contributed by atoms with Crippen molar-refractivity contribution in [1.82, 2.24) is 0 Å². The van der Waals surface area contributed by atoms with Crippen molar-refractivity contribution in [3.63, 3.8) is 0 Å². The number of hydrogen-bond acceptors (Lipinski definition) is 0. The molecule has 110 valence electrons. The highest BCUT2D eigenvalue weighted by Crippen LogP contribution is 2.03. The van der Waals surface area contributed by atoms with Gasteiger partial charge in [0.05, 0.1) is 32.2 Å². The lowest BCUT2D eigenvalue weighted by atomic mass is 10.0. The average molecular weight is 276 g/mol. The van der Waals surface area contributed by atoms with Crippen LogP contribution in [-0.2, 0) is 6.54 Å². The van der Waals surface area contributed by atoms with Crippen LogP contribution in [0.2, 0.25) is 0 Å². The van der Waals surface area contributed by atoms with E-state index in [0.717, 1.165) is 6.04 Å². The zero-order chi connectivity index (χ0) is 13.6. The molecule has 3 heterocycles. The van der Waals surface area contributed by atoms with Crippen molar-refractivity contribution in [2.45, 2.75) is 51.1 Å². The Morgan fingerprint density at radius 3 is 2.20 bits per heavy atom. The summed E-state index contributed by atoms with van der Waals surface area (Å²) in [4.78, 5) is 6.82. The quantitative estimate of drug-likeness (QED) is 0.744. The van der Waals surface area contributed by atoms with Crippen LogP contribution >= 0.6 is 0 Å². The summed E-state index contributed by atoms with van der Waals surface area (Å²) in [6.07, 6.45) is 12.8. The Labute approximate surface area is 123 Å². The fraction of sp³-hybridized carbons (Fsp3) is 0.706. The summed E-state index contributed by atoms with van der Waals surface area (Å²) < 4.78 is 0. The minimum absolute atomic E-state index is 0.959. The maximum atomic E-state index is 3.11. The van der Waals surface area contributed by atoms with E-state index < -0.39 is 0 Å². The maximum Gasteiger partial charge on any atom is 0.167 e. The van der Waals surface area contributed by atoms with E-state index in [-0.39, 0.29) is 0 Å². The smallest absolute Gasteiger partial charge is 0.167 e. The minimum Gasteiger partial charge on any atom is -0.332 e. The molecule has 2 fully saturated rings. The van der Waals surface area contributed by atoms with Crippen molar-refractivity contribution in [1.29, 1.82) is 0 Å². The van der Waals surface area contributed by atoms with Gasteiger partial charge in [-0.25, -0.2) is 4.98 Å². The van der Waals surface area contributed by atoms with E-state index in [9.17, 15) is 0 Å². The van der Waals surface area contributed by atoms with Crippen LogP contribution in [0.1, 0.15) is 44.1 Å². The molecule has 0 aromatic carbocycles. The molecule has 20 heavy (non-hydrogen) atoms. The number of nitrogens with one attached hydrogen (secondary N) is 3. The Morgan fingerprint density at radius 1 is 0.900 bits per heavy atom. The number of aromatic amines is 1. The number of rotatable bonds is 3. The van der Waals surface area contributed by atoms with Crippen molar-refractivity contribution in [3.05, 3.63) is 30.1 Å². The molecule has 2 saturated heterocycles. The Bertz CT molecular complexity index is 376. The van der Waals surface area contributed by atoms with Crippen molar-refractivity contribution in [3.8, 4) is 0 Å². The van der Waals surface area contributed by atoms with Crippen LogP contribution < -0.4 is 14.8 Å². The molecule has 0 aliphatic carbocycles. The summed E-state index contributed by atoms with van der Waals surface area (Å²) >= 11 is 0. The second-order valence-corrected chi connectivity index (χ2v) is 6.68. The van der Waals surface area contributed by atoms with E-state index in [4.69, 9.17) is 0 Å². The van der Waals surface area contributed by atoms with Crippen LogP contribution in [0.5, 0.6) is 0 Å². The van der Waals surface area contributed by atoms with Crippen molar-refractivity contribution in [2.24, 2.45) is 0 Å². The number of pyridine rings is 1. The zero-order valence-corrected chi connectivity index (χ0v) is 12.7. The molecule has 0 radical (unpaired) electrons. The van der Waals surface area contributed by atoms with Gasteiger partial charge in [0.25, 0.3) is 0 Å². The molecule has 0 saturated carbocycles. The highest BCUT2D eigenvalue weighted by molar-refractivity contribution is 5.04. The van der Waals surface area contributed by atoms with Crippen LogP contribution in [0.25, 0.3) is 0 Å². The summed E-state index contributed by atoms with van der Waals surface area (Å²) in [6, 6.07) is 5.40. The first-order valence-corrected chi connectivity index (χ1v) is 8.55. The zero-order valence-electron chi connectivity index (χ0n) is 12.7. The number of H-pyrrole nitrogens is 1. The first-order valence-electron chi connectivity index (χ1n) is 8.55. The molecule has 3 nitrogen and oxygen atoms in total. The molecule has 3 heteroatoms. The Hall–Kier alpha value is -0.930. The summed E-state index contributed by atoms with van der Waals surface area (Å²) in [6.45, 7) is 6.82. The normalized spacial score (nSPS) is 29.0. The van der Waals surface area contributed by atoms with Crippen LogP contribution in [0.3, 0.4) is 0 Å². The lowest BCUT2D eigenvalue weighted by Crippen LogP contribution is -3.20. The van der Waals surface area contributed by atoms with Gasteiger partial charge < -0.3 is 9.80 Å². The topological polar surface area (TPSA) is 23.0 Å². The van der Waals surface area contributed by atoms with Crippen LogP contribution in [0, 0.1) is 0 Å². The van der Waals surface area contributed by atoms with Crippen molar-refractivity contribution >= 4 is 0 Å². The SMILES string of the molecule is c1cc(C[NH+]2CCC([NH+]3CCCCCC3)CC2)cc[nH+]1. The number of likely N-dealkylation sites (tertiary alicyclic amines) is 2. The molecular weight excluding hydrogens is 246 g/mol. The standard InChI is InChI=1S/C17H27N3/c1-2-4-12-20(11-3-1)17-7-13-19(14-8-17)15-16-5-9-18-10-6-16/h5-6,9-10,17H,1-4,7-8,11-15H2/p+3. The Balaban J connectivity index is 1.46. The number of piperidine rings is 1. The van der Waals surface area contributed by atoms with Gasteiger partial charge in [0.2, 0.25) is 0 Å². The average Bonchev–Trinajstić information content (AvgIpc) is 2.78. The lowest BCUT2D eigenvalue weighted by Gasteiger charge is -2.33. The van der Waals surface area contributed by atoms with Gasteiger partial charge in [0, 0.05) is 30.5 Å². The monoisotopic (exact) mass is 276 g/mol. The van der Waals surface area contributed by atoms with Crippen molar-refractivity contribution in [2.75, 3.05) is 26.2 Å². The Morgan fingerprint density at radius 2 is 1.55 bits per heavy atom. The van der Waals surface area contributed by atoms with Gasteiger partial charge in [-0.15, -0.1) is 0 Å². The summed E-state index contributed by atoms with van der Waals surface area (Å²) in [5.41, 5.74) is 1.47. The van der Waals surface area contributed by atoms with E-state index >= 15 is 0 Å². The summed E-state index contributed by atoms with van der Waals surface area (Å²) in [7, 11) is 0. The van der Waals surface area contributed by atoms with Gasteiger partial charge in [-0.2, -0.15) is 0 Å². The molecule has 0 bridgehead atoms. The molecule has 2 aliphatic heterocycles. The predicted molar refractivity (Wildman–Crippen MR) is 79.6 cm³/mol. The van der Waals surface area contributed by atoms with E-state index in [1.54, 1.807) is 4.90 Å². The molecule has 0 unspecified atom stereocenters. The fourth-order valence-corrected chi connectivity index (χ4v) is 4.03. The van der Waals surface area contributed by atoms with Gasteiger partial charge >= 0.3 is 0 Å². The van der Waals surface area contributed by atoms with Crippen LogP contribution in [-0.4, -0.2) is 32.2 Å². The molecule has 0 amide bonds. The highest BCUT2D eigenvalue weighted by Gasteiger charge is 2.30. The van der Waals surface area contributed by atoms with Crippen LogP contribution in [0.4, 0.5) is 0 Å². The molecule has 0 atom stereocenters. The molecule has 2 aliphatic rings. The third-order valence-corrected chi connectivity index (χ3v) is 5.26. The number of quaternary nitrogens is 2. The van der Waals surface area contributed by atoms with Crippen LogP contribution in [0.15, 0.2) is 24.5 Å².